The van der Waals surface area contributed by atoms with Gasteiger partial charge in [0, 0.05) is 38.9 Å². The standard InChI is InChI=1S/C23H31N3O3S/c1-3-4-8-20-11-13-22(14-12-20)30(28,29)26-17-15-25(16-18-26)19-23(27)24(2)21-9-6-5-7-10-21/h5-7,9-14H,3-4,8,15-19H2,1-2H3. The number of piperazine rings is 1. The van der Waals surface area contributed by atoms with Crippen LogP contribution in [0.1, 0.15) is 25.3 Å². The van der Waals surface area contributed by atoms with Crippen molar-refractivity contribution < 1.29 is 13.2 Å². The second-order valence-electron chi connectivity index (χ2n) is 7.72. The SMILES string of the molecule is CCCCc1ccc(S(=O)(=O)N2CCN(CC(=O)N(C)c3ccccc3)CC2)cc1. The van der Waals surface area contributed by atoms with Crippen molar-refractivity contribution in [2.75, 3.05) is 44.7 Å². The van der Waals surface area contributed by atoms with Gasteiger partial charge in [-0.1, -0.05) is 43.7 Å². The van der Waals surface area contributed by atoms with Crippen molar-refractivity contribution in [1.29, 1.82) is 0 Å². The lowest BCUT2D eigenvalue weighted by molar-refractivity contribution is -0.119. The van der Waals surface area contributed by atoms with Crippen molar-refractivity contribution in [3.8, 4) is 0 Å². The summed E-state index contributed by atoms with van der Waals surface area (Å²) in [6, 6.07) is 16.8. The fourth-order valence-electron chi connectivity index (χ4n) is 3.58. The van der Waals surface area contributed by atoms with Crippen molar-refractivity contribution in [1.82, 2.24) is 9.21 Å². The van der Waals surface area contributed by atoms with Gasteiger partial charge >= 0.3 is 0 Å². The number of anilines is 1. The van der Waals surface area contributed by atoms with Gasteiger partial charge in [-0.05, 0) is 42.7 Å². The minimum Gasteiger partial charge on any atom is -0.314 e. The lowest BCUT2D eigenvalue weighted by Gasteiger charge is -2.34. The lowest BCUT2D eigenvalue weighted by atomic mass is 10.1. The molecule has 0 spiro atoms. The van der Waals surface area contributed by atoms with Gasteiger partial charge in [-0.25, -0.2) is 8.42 Å². The average Bonchev–Trinajstić information content (AvgIpc) is 2.78. The maximum atomic E-state index is 13.0. The summed E-state index contributed by atoms with van der Waals surface area (Å²) in [7, 11) is -1.73. The zero-order valence-electron chi connectivity index (χ0n) is 17.8. The van der Waals surface area contributed by atoms with E-state index < -0.39 is 10.0 Å². The second-order valence-corrected chi connectivity index (χ2v) is 9.65. The molecule has 30 heavy (non-hydrogen) atoms. The van der Waals surface area contributed by atoms with Crippen LogP contribution >= 0.6 is 0 Å². The number of sulfonamides is 1. The van der Waals surface area contributed by atoms with E-state index in [9.17, 15) is 13.2 Å². The van der Waals surface area contributed by atoms with Crippen LogP contribution in [0.5, 0.6) is 0 Å². The lowest BCUT2D eigenvalue weighted by Crippen LogP contribution is -2.51. The van der Waals surface area contributed by atoms with Crippen LogP contribution in [-0.2, 0) is 21.2 Å². The van der Waals surface area contributed by atoms with E-state index in [1.807, 2.05) is 47.4 Å². The number of hydrogen-bond acceptors (Lipinski definition) is 4. The van der Waals surface area contributed by atoms with Gasteiger partial charge in [-0.2, -0.15) is 4.31 Å². The summed E-state index contributed by atoms with van der Waals surface area (Å²) in [4.78, 5) is 16.6. The molecule has 1 aliphatic heterocycles. The third-order valence-corrected chi connectivity index (χ3v) is 7.50. The summed E-state index contributed by atoms with van der Waals surface area (Å²) in [6.07, 6.45) is 3.20. The highest BCUT2D eigenvalue weighted by molar-refractivity contribution is 7.89. The minimum atomic E-state index is -3.50. The van der Waals surface area contributed by atoms with Gasteiger partial charge in [0.2, 0.25) is 15.9 Å². The molecule has 1 heterocycles. The molecule has 1 fully saturated rings. The van der Waals surface area contributed by atoms with Gasteiger partial charge in [-0.3, -0.25) is 9.69 Å². The van der Waals surface area contributed by atoms with E-state index in [2.05, 4.69) is 6.92 Å². The molecule has 2 aromatic carbocycles. The number of carbonyl (C=O) groups excluding carboxylic acids is 1. The number of nitrogens with zero attached hydrogens (tertiary/aromatic N) is 3. The van der Waals surface area contributed by atoms with E-state index >= 15 is 0 Å². The molecule has 2 aromatic rings. The summed E-state index contributed by atoms with van der Waals surface area (Å²) in [5, 5.41) is 0. The molecule has 0 unspecified atom stereocenters. The van der Waals surface area contributed by atoms with Gasteiger partial charge in [0.15, 0.2) is 0 Å². The van der Waals surface area contributed by atoms with Crippen molar-refractivity contribution in [2.24, 2.45) is 0 Å². The van der Waals surface area contributed by atoms with E-state index in [1.165, 1.54) is 9.87 Å². The van der Waals surface area contributed by atoms with E-state index in [0.717, 1.165) is 24.9 Å². The molecule has 0 bridgehead atoms. The third kappa shape index (κ3) is 5.47. The highest BCUT2D eigenvalue weighted by Gasteiger charge is 2.29. The van der Waals surface area contributed by atoms with Gasteiger partial charge in [-0.15, -0.1) is 0 Å². The van der Waals surface area contributed by atoms with Gasteiger partial charge in [0.25, 0.3) is 0 Å². The normalized spacial score (nSPS) is 15.8. The van der Waals surface area contributed by atoms with Gasteiger partial charge < -0.3 is 4.90 Å². The van der Waals surface area contributed by atoms with Gasteiger partial charge in [0.1, 0.15) is 0 Å². The Morgan fingerprint density at radius 3 is 2.20 bits per heavy atom. The summed E-state index contributed by atoms with van der Waals surface area (Å²) in [5.74, 6) is 0.000162. The number of benzene rings is 2. The van der Waals surface area contributed by atoms with Crippen molar-refractivity contribution in [3.05, 3.63) is 60.2 Å². The first-order valence-electron chi connectivity index (χ1n) is 10.5. The van der Waals surface area contributed by atoms with Crippen LogP contribution in [0.4, 0.5) is 5.69 Å². The molecule has 7 heteroatoms. The predicted octanol–water partition coefficient (Wildman–Crippen LogP) is 3.00. The van der Waals surface area contributed by atoms with Crippen LogP contribution in [0.2, 0.25) is 0 Å². The zero-order valence-corrected chi connectivity index (χ0v) is 18.6. The number of carbonyl (C=O) groups is 1. The van der Waals surface area contributed by atoms with Crippen LogP contribution in [0.3, 0.4) is 0 Å². The Morgan fingerprint density at radius 1 is 0.967 bits per heavy atom. The Labute approximate surface area is 180 Å². The zero-order chi connectivity index (χ0) is 21.6. The van der Waals surface area contributed by atoms with Crippen molar-refractivity contribution in [2.45, 2.75) is 31.1 Å². The Morgan fingerprint density at radius 2 is 1.60 bits per heavy atom. The molecule has 3 rings (SSSR count). The first kappa shape index (κ1) is 22.5. The summed E-state index contributed by atoms with van der Waals surface area (Å²) in [5.41, 5.74) is 2.02. The number of amides is 1. The smallest absolute Gasteiger partial charge is 0.243 e. The highest BCUT2D eigenvalue weighted by Crippen LogP contribution is 2.19. The predicted molar refractivity (Wildman–Crippen MR) is 120 cm³/mol. The topological polar surface area (TPSA) is 60.9 Å². The van der Waals surface area contributed by atoms with Crippen LogP contribution in [0, 0.1) is 0 Å². The van der Waals surface area contributed by atoms with Gasteiger partial charge in [0.05, 0.1) is 11.4 Å². The summed E-state index contributed by atoms with van der Waals surface area (Å²) in [6.45, 7) is 4.30. The van der Waals surface area contributed by atoms with Crippen LogP contribution in [0.15, 0.2) is 59.5 Å². The molecule has 1 saturated heterocycles. The molecule has 1 aliphatic rings. The quantitative estimate of drug-likeness (QED) is 0.647. The Bertz CT molecular complexity index is 922. The molecule has 0 saturated carbocycles. The molecule has 0 aliphatic carbocycles. The van der Waals surface area contributed by atoms with E-state index in [-0.39, 0.29) is 12.5 Å². The van der Waals surface area contributed by atoms with Crippen LogP contribution in [0.25, 0.3) is 0 Å². The van der Waals surface area contributed by atoms with Crippen LogP contribution < -0.4 is 4.90 Å². The first-order chi connectivity index (χ1) is 14.4. The molecule has 0 aromatic heterocycles. The monoisotopic (exact) mass is 429 g/mol. The molecule has 162 valence electrons. The molecule has 6 nitrogen and oxygen atoms in total. The maximum absolute atomic E-state index is 13.0. The first-order valence-corrected chi connectivity index (χ1v) is 12.0. The Kier molecular flexibility index (Phi) is 7.64. The number of likely N-dealkylation sites (N-methyl/N-ethyl adjacent to an activating group) is 1. The number of unbranched alkanes of at least 4 members (excludes halogenated alkanes) is 1. The van der Waals surface area contributed by atoms with E-state index in [4.69, 9.17) is 0 Å². The fraction of sp³-hybridized carbons (Fsp3) is 0.435. The molecular weight excluding hydrogens is 398 g/mol. The average molecular weight is 430 g/mol. The van der Waals surface area contributed by atoms with Crippen molar-refractivity contribution in [3.63, 3.8) is 0 Å². The highest BCUT2D eigenvalue weighted by atomic mass is 32.2. The molecule has 0 N–H and O–H groups in total. The molecule has 1 amide bonds. The Balaban J connectivity index is 1.54. The fourth-order valence-corrected chi connectivity index (χ4v) is 5.00. The second kappa shape index (κ2) is 10.2. The van der Waals surface area contributed by atoms with Crippen molar-refractivity contribution >= 4 is 21.6 Å². The number of aryl methyl sites for hydroxylation is 1. The number of hydrogen-bond donors (Lipinski definition) is 0. The summed E-state index contributed by atoms with van der Waals surface area (Å²) < 4.78 is 27.5. The van der Waals surface area contributed by atoms with Crippen LogP contribution in [-0.4, -0.2) is 63.3 Å². The van der Waals surface area contributed by atoms with E-state index in [0.29, 0.717) is 31.1 Å². The largest absolute Gasteiger partial charge is 0.314 e. The third-order valence-electron chi connectivity index (χ3n) is 5.59. The number of rotatable bonds is 8. The number of para-hydroxylation sites is 1. The maximum Gasteiger partial charge on any atom is 0.243 e. The Hall–Kier alpha value is -2.22. The minimum absolute atomic E-state index is 0.000162. The molecular formula is C23H31N3O3S. The molecule has 0 radical (unpaired) electrons. The molecule has 0 atom stereocenters. The summed E-state index contributed by atoms with van der Waals surface area (Å²) >= 11 is 0. The van der Waals surface area contributed by atoms with E-state index in [1.54, 1.807) is 24.1 Å².